The average molecular weight is 391 g/mol. The molecule has 0 saturated carbocycles. The number of fused-ring (bicyclic) bond motifs is 1. The summed E-state index contributed by atoms with van der Waals surface area (Å²) in [6.07, 6.45) is 1.58. The van der Waals surface area contributed by atoms with Crippen LogP contribution in [0, 0.1) is 13.8 Å². The van der Waals surface area contributed by atoms with Crippen LogP contribution in [0.1, 0.15) is 11.1 Å². The molecule has 2 aromatic heterocycles. The summed E-state index contributed by atoms with van der Waals surface area (Å²) in [5.41, 5.74) is 5.65. The van der Waals surface area contributed by atoms with E-state index in [-0.39, 0.29) is 0 Å². The van der Waals surface area contributed by atoms with Crippen molar-refractivity contribution in [1.29, 1.82) is 0 Å². The summed E-state index contributed by atoms with van der Waals surface area (Å²) in [6, 6.07) is 12.2. The van der Waals surface area contributed by atoms with E-state index >= 15 is 0 Å². The van der Waals surface area contributed by atoms with Crippen molar-refractivity contribution in [2.24, 2.45) is 0 Å². The van der Waals surface area contributed by atoms with E-state index in [1.807, 2.05) is 18.2 Å². The fourth-order valence-electron chi connectivity index (χ4n) is 3.12. The molecular formula is C22H21N3O2S. The van der Waals surface area contributed by atoms with Gasteiger partial charge in [0.25, 0.3) is 0 Å². The zero-order valence-corrected chi connectivity index (χ0v) is 17.1. The van der Waals surface area contributed by atoms with E-state index in [9.17, 15) is 0 Å². The van der Waals surface area contributed by atoms with Crippen LogP contribution in [0.3, 0.4) is 0 Å². The highest BCUT2D eigenvalue weighted by Crippen LogP contribution is 2.39. The van der Waals surface area contributed by atoms with Crippen LogP contribution >= 0.6 is 11.3 Å². The van der Waals surface area contributed by atoms with Crippen molar-refractivity contribution in [2.75, 3.05) is 19.5 Å². The van der Waals surface area contributed by atoms with Crippen molar-refractivity contribution in [3.63, 3.8) is 0 Å². The fraction of sp³-hybridized carbons (Fsp3) is 0.182. The first kappa shape index (κ1) is 18.3. The summed E-state index contributed by atoms with van der Waals surface area (Å²) < 4.78 is 10.8. The molecule has 0 fully saturated rings. The third kappa shape index (κ3) is 3.27. The molecule has 0 bridgehead atoms. The Balaban J connectivity index is 1.82. The van der Waals surface area contributed by atoms with Gasteiger partial charge in [0.05, 0.1) is 25.3 Å². The molecule has 0 saturated heterocycles. The summed E-state index contributed by atoms with van der Waals surface area (Å²) in [5, 5.41) is 6.56. The number of nitrogens with one attached hydrogen (secondary N) is 1. The van der Waals surface area contributed by atoms with Gasteiger partial charge in [0.1, 0.15) is 28.5 Å². The number of rotatable bonds is 5. The van der Waals surface area contributed by atoms with E-state index in [1.165, 1.54) is 11.1 Å². The second-order valence-corrected chi connectivity index (χ2v) is 7.40. The van der Waals surface area contributed by atoms with Crippen LogP contribution in [-0.2, 0) is 0 Å². The van der Waals surface area contributed by atoms with Crippen molar-refractivity contribution in [3.8, 4) is 22.6 Å². The van der Waals surface area contributed by atoms with Gasteiger partial charge in [-0.3, -0.25) is 0 Å². The minimum atomic E-state index is 0.689. The predicted molar refractivity (Wildman–Crippen MR) is 115 cm³/mol. The number of hydrogen-bond acceptors (Lipinski definition) is 6. The van der Waals surface area contributed by atoms with Crippen LogP contribution in [-0.4, -0.2) is 24.2 Å². The van der Waals surface area contributed by atoms with Crippen LogP contribution in [0.5, 0.6) is 11.5 Å². The molecule has 0 aliphatic heterocycles. The average Bonchev–Trinajstić information content (AvgIpc) is 3.15. The van der Waals surface area contributed by atoms with Gasteiger partial charge < -0.3 is 14.8 Å². The molecule has 142 valence electrons. The molecule has 2 heterocycles. The molecule has 5 nitrogen and oxygen atoms in total. The Morgan fingerprint density at radius 1 is 0.929 bits per heavy atom. The van der Waals surface area contributed by atoms with Crippen LogP contribution < -0.4 is 14.8 Å². The largest absolute Gasteiger partial charge is 0.497 e. The third-order valence-corrected chi connectivity index (χ3v) is 5.74. The SMILES string of the molecule is COc1ccc(Nc2ncnc3scc(-c4ccc(C)c(C)c4)c23)c(OC)c1. The zero-order valence-electron chi connectivity index (χ0n) is 16.2. The third-order valence-electron chi connectivity index (χ3n) is 4.85. The van der Waals surface area contributed by atoms with Gasteiger partial charge in [0.2, 0.25) is 0 Å². The number of thiophene rings is 1. The van der Waals surface area contributed by atoms with Crippen LogP contribution in [0.15, 0.2) is 48.1 Å². The van der Waals surface area contributed by atoms with Crippen LogP contribution in [0.25, 0.3) is 21.3 Å². The van der Waals surface area contributed by atoms with Crippen molar-refractivity contribution >= 4 is 33.1 Å². The number of anilines is 2. The Hall–Kier alpha value is -3.12. The van der Waals surface area contributed by atoms with Gasteiger partial charge in [-0.2, -0.15) is 0 Å². The molecular weight excluding hydrogens is 370 g/mol. The number of benzene rings is 2. The molecule has 2 aromatic carbocycles. The summed E-state index contributed by atoms with van der Waals surface area (Å²) in [6.45, 7) is 4.25. The minimum Gasteiger partial charge on any atom is -0.497 e. The van der Waals surface area contributed by atoms with Gasteiger partial charge in [0, 0.05) is 17.0 Å². The maximum atomic E-state index is 5.51. The normalized spacial score (nSPS) is 10.9. The van der Waals surface area contributed by atoms with Gasteiger partial charge >= 0.3 is 0 Å². The highest BCUT2D eigenvalue weighted by Gasteiger charge is 2.15. The molecule has 0 amide bonds. The first-order valence-electron chi connectivity index (χ1n) is 8.89. The molecule has 4 rings (SSSR count). The molecule has 0 aliphatic rings. The van der Waals surface area contributed by atoms with E-state index in [0.29, 0.717) is 5.75 Å². The highest BCUT2D eigenvalue weighted by atomic mass is 32.1. The number of aromatic nitrogens is 2. The van der Waals surface area contributed by atoms with Gasteiger partial charge in [-0.05, 0) is 42.7 Å². The van der Waals surface area contributed by atoms with Crippen molar-refractivity contribution in [1.82, 2.24) is 9.97 Å². The first-order chi connectivity index (χ1) is 13.6. The quantitative estimate of drug-likeness (QED) is 0.470. The summed E-state index contributed by atoms with van der Waals surface area (Å²) >= 11 is 1.62. The predicted octanol–water partition coefficient (Wildman–Crippen LogP) is 5.74. The molecule has 0 unspecified atom stereocenters. The lowest BCUT2D eigenvalue weighted by Crippen LogP contribution is -1.98. The minimum absolute atomic E-state index is 0.689. The maximum absolute atomic E-state index is 5.51. The number of nitrogens with zero attached hydrogens (tertiary/aromatic N) is 2. The summed E-state index contributed by atoms with van der Waals surface area (Å²) in [7, 11) is 3.28. The second kappa shape index (κ2) is 7.48. The Bertz CT molecular complexity index is 1150. The lowest BCUT2D eigenvalue weighted by molar-refractivity contribution is 0.395. The number of ether oxygens (including phenoxy) is 2. The monoisotopic (exact) mass is 391 g/mol. The van der Waals surface area contributed by atoms with E-state index in [0.717, 1.165) is 38.6 Å². The smallest absolute Gasteiger partial charge is 0.146 e. The van der Waals surface area contributed by atoms with Crippen LogP contribution in [0.2, 0.25) is 0 Å². The Kier molecular flexibility index (Phi) is 4.88. The molecule has 0 aliphatic carbocycles. The van der Waals surface area contributed by atoms with Crippen LogP contribution in [0.4, 0.5) is 11.5 Å². The Morgan fingerprint density at radius 3 is 2.54 bits per heavy atom. The molecule has 0 atom stereocenters. The van der Waals surface area contributed by atoms with Crippen molar-refractivity contribution < 1.29 is 9.47 Å². The molecule has 28 heavy (non-hydrogen) atoms. The first-order valence-corrected chi connectivity index (χ1v) is 9.77. The number of aryl methyl sites for hydroxylation is 2. The maximum Gasteiger partial charge on any atom is 0.146 e. The number of methoxy groups -OCH3 is 2. The summed E-state index contributed by atoms with van der Waals surface area (Å²) in [5.74, 6) is 2.18. The van der Waals surface area contributed by atoms with E-state index < -0.39 is 0 Å². The Morgan fingerprint density at radius 2 is 1.79 bits per heavy atom. The topological polar surface area (TPSA) is 56.3 Å². The molecule has 0 radical (unpaired) electrons. The zero-order chi connectivity index (χ0) is 19.7. The highest BCUT2D eigenvalue weighted by molar-refractivity contribution is 7.17. The van der Waals surface area contributed by atoms with Gasteiger partial charge in [-0.15, -0.1) is 11.3 Å². The lowest BCUT2D eigenvalue weighted by atomic mass is 10.0. The van der Waals surface area contributed by atoms with Gasteiger partial charge in [-0.1, -0.05) is 18.2 Å². The Labute approximate surface area is 168 Å². The number of hydrogen-bond donors (Lipinski definition) is 1. The molecule has 0 spiro atoms. The van der Waals surface area contributed by atoms with Crippen molar-refractivity contribution in [3.05, 3.63) is 59.2 Å². The van der Waals surface area contributed by atoms with Gasteiger partial charge in [-0.25, -0.2) is 9.97 Å². The lowest BCUT2D eigenvalue weighted by Gasteiger charge is -2.13. The van der Waals surface area contributed by atoms with Crippen molar-refractivity contribution in [2.45, 2.75) is 13.8 Å². The van der Waals surface area contributed by atoms with E-state index in [1.54, 1.807) is 31.9 Å². The van der Waals surface area contributed by atoms with E-state index in [4.69, 9.17) is 9.47 Å². The standard InChI is InChI=1S/C22H21N3O2S/c1-13-5-6-15(9-14(13)2)17-11-28-22-20(17)21(23-12-24-22)25-18-8-7-16(26-3)10-19(18)27-4/h5-12H,1-4H3,(H,23,24,25). The van der Waals surface area contributed by atoms with E-state index in [2.05, 4.69) is 52.7 Å². The molecule has 1 N–H and O–H groups in total. The van der Waals surface area contributed by atoms with Gasteiger partial charge in [0.15, 0.2) is 0 Å². The molecule has 4 aromatic rings. The fourth-order valence-corrected chi connectivity index (χ4v) is 4.04. The molecule has 6 heteroatoms. The summed E-state index contributed by atoms with van der Waals surface area (Å²) in [4.78, 5) is 9.91. The second-order valence-electron chi connectivity index (χ2n) is 6.54.